The van der Waals surface area contributed by atoms with Crippen LogP contribution in [0.15, 0.2) is 41.8 Å². The summed E-state index contributed by atoms with van der Waals surface area (Å²) >= 11 is 8.62. The number of Topliss-reactive ketones (excluding diaryl/α,β-unsaturated/α-hetero) is 1. The quantitative estimate of drug-likeness (QED) is 0.347. The van der Waals surface area contributed by atoms with Crippen LogP contribution in [0.4, 0.5) is 5.00 Å². The van der Waals surface area contributed by atoms with Gasteiger partial charge in [0.25, 0.3) is 11.8 Å². The van der Waals surface area contributed by atoms with E-state index in [2.05, 4.69) is 10.6 Å². The van der Waals surface area contributed by atoms with Crippen LogP contribution in [0.3, 0.4) is 0 Å². The predicted molar refractivity (Wildman–Crippen MR) is 124 cm³/mol. The van der Waals surface area contributed by atoms with Gasteiger partial charge in [-0.3, -0.25) is 14.4 Å². The lowest BCUT2D eigenvalue weighted by molar-refractivity contribution is 0.0871. The molecule has 0 saturated heterocycles. The fraction of sp³-hybridized carbons (Fsp3) is 0.227. The number of thiophene rings is 2. The first-order chi connectivity index (χ1) is 14.9. The normalized spacial score (nSPS) is 13.8. The monoisotopic (exact) mass is 473 g/mol. The molecule has 160 valence electrons. The van der Waals surface area contributed by atoms with Crippen molar-refractivity contribution in [2.24, 2.45) is 5.73 Å². The number of rotatable bonds is 7. The number of carbonyl (C=O) groups excluding carboxylic acids is 3. The smallest absolute Gasteiger partial charge is 0.253 e. The number of hydrogen-bond donors (Lipinski definition) is 3. The van der Waals surface area contributed by atoms with E-state index in [1.54, 1.807) is 41.8 Å². The number of hydrogen-bond acceptors (Lipinski definition) is 6. The molecule has 2 aromatic heterocycles. The summed E-state index contributed by atoms with van der Waals surface area (Å²) in [6.45, 7) is 0. The van der Waals surface area contributed by atoms with Crippen molar-refractivity contribution in [2.75, 3.05) is 5.32 Å². The predicted octanol–water partition coefficient (Wildman–Crippen LogP) is 4.49. The molecule has 1 unspecified atom stereocenters. The van der Waals surface area contributed by atoms with E-state index in [4.69, 9.17) is 17.3 Å². The van der Waals surface area contributed by atoms with Crippen molar-refractivity contribution in [2.45, 2.75) is 31.8 Å². The third-order valence-corrected chi connectivity index (χ3v) is 7.46. The number of ketones is 1. The number of amides is 2. The molecule has 0 saturated carbocycles. The molecule has 6 nitrogen and oxygen atoms in total. The minimum absolute atomic E-state index is 0.292. The van der Waals surface area contributed by atoms with Gasteiger partial charge in [-0.1, -0.05) is 17.7 Å². The molecule has 2 heterocycles. The summed E-state index contributed by atoms with van der Waals surface area (Å²) in [7, 11) is 0. The lowest BCUT2D eigenvalue weighted by Gasteiger charge is -2.20. The van der Waals surface area contributed by atoms with Crippen LogP contribution in [-0.4, -0.2) is 23.8 Å². The molecule has 31 heavy (non-hydrogen) atoms. The highest BCUT2D eigenvalue weighted by Crippen LogP contribution is 2.38. The Morgan fingerprint density at radius 3 is 2.48 bits per heavy atom. The summed E-state index contributed by atoms with van der Waals surface area (Å²) in [6.07, 6.45) is 2.65. The molecule has 0 aliphatic heterocycles. The molecule has 1 atom stereocenters. The minimum atomic E-state index is -1.06. The summed E-state index contributed by atoms with van der Waals surface area (Å²) in [6, 6.07) is 9.86. The molecule has 1 aromatic carbocycles. The van der Waals surface area contributed by atoms with Gasteiger partial charge in [0.05, 0.1) is 10.4 Å². The Morgan fingerprint density at radius 1 is 1.06 bits per heavy atom. The number of fused-ring (bicyclic) bond motifs is 1. The second-order valence-corrected chi connectivity index (χ2v) is 9.67. The molecule has 0 bridgehead atoms. The molecule has 9 heteroatoms. The van der Waals surface area contributed by atoms with Gasteiger partial charge in [-0.25, -0.2) is 0 Å². The van der Waals surface area contributed by atoms with Crippen LogP contribution in [0, 0.1) is 0 Å². The highest BCUT2D eigenvalue weighted by molar-refractivity contribution is 7.16. The largest absolute Gasteiger partial charge is 0.365 e. The fourth-order valence-corrected chi connectivity index (χ4v) is 5.75. The van der Waals surface area contributed by atoms with Gasteiger partial charge >= 0.3 is 0 Å². The van der Waals surface area contributed by atoms with Crippen molar-refractivity contribution in [1.82, 2.24) is 5.32 Å². The molecule has 1 aliphatic carbocycles. The molecule has 0 fully saturated rings. The molecule has 3 aromatic rings. The van der Waals surface area contributed by atoms with E-state index in [-0.39, 0.29) is 5.78 Å². The van der Waals surface area contributed by atoms with Gasteiger partial charge in [-0.2, -0.15) is 0 Å². The second-order valence-electron chi connectivity index (χ2n) is 7.18. The minimum Gasteiger partial charge on any atom is -0.365 e. The Balaban J connectivity index is 1.66. The van der Waals surface area contributed by atoms with E-state index in [1.165, 1.54) is 22.7 Å². The van der Waals surface area contributed by atoms with E-state index in [9.17, 15) is 14.4 Å². The Morgan fingerprint density at radius 2 is 1.81 bits per heavy atom. The summed E-state index contributed by atoms with van der Waals surface area (Å²) in [5, 5.41) is 8.68. The van der Waals surface area contributed by atoms with E-state index in [0.717, 1.165) is 36.1 Å². The van der Waals surface area contributed by atoms with Crippen molar-refractivity contribution in [3.8, 4) is 0 Å². The third-order valence-electron chi connectivity index (χ3n) is 5.10. The first-order valence-corrected chi connectivity index (χ1v) is 11.9. The molecule has 4 N–H and O–H groups in total. The molecule has 2 amide bonds. The van der Waals surface area contributed by atoms with Gasteiger partial charge in [0.2, 0.25) is 5.78 Å². The van der Waals surface area contributed by atoms with Gasteiger partial charge in [0.15, 0.2) is 6.17 Å². The van der Waals surface area contributed by atoms with Crippen LogP contribution < -0.4 is 16.4 Å². The van der Waals surface area contributed by atoms with Gasteiger partial charge in [0, 0.05) is 15.5 Å². The summed E-state index contributed by atoms with van der Waals surface area (Å²) in [4.78, 5) is 39.8. The second kappa shape index (κ2) is 9.21. The van der Waals surface area contributed by atoms with E-state index >= 15 is 0 Å². The van der Waals surface area contributed by atoms with Crippen molar-refractivity contribution in [3.05, 3.63) is 73.2 Å². The number of carbonyl (C=O) groups is 3. The van der Waals surface area contributed by atoms with E-state index in [1.807, 2.05) is 0 Å². The van der Waals surface area contributed by atoms with Crippen molar-refractivity contribution in [3.63, 3.8) is 0 Å². The average Bonchev–Trinajstić information content (AvgIpc) is 3.41. The number of primary amides is 1. The zero-order chi connectivity index (χ0) is 22.0. The Hall–Kier alpha value is -2.68. The molecule has 0 radical (unpaired) electrons. The first kappa shape index (κ1) is 21.5. The SMILES string of the molecule is NC(=O)c1c(NC(NC(=O)c2ccc(Cl)cc2)C(=O)c2cccs2)sc2c1CCCC2. The highest BCUT2D eigenvalue weighted by atomic mass is 35.5. The number of anilines is 1. The van der Waals surface area contributed by atoms with Crippen LogP contribution in [0.2, 0.25) is 5.02 Å². The Labute approximate surface area is 192 Å². The number of nitrogens with two attached hydrogens (primary N) is 1. The van der Waals surface area contributed by atoms with Gasteiger partial charge in [-0.15, -0.1) is 22.7 Å². The van der Waals surface area contributed by atoms with Crippen LogP contribution in [0.1, 0.15) is 53.7 Å². The van der Waals surface area contributed by atoms with Gasteiger partial charge in [0.1, 0.15) is 5.00 Å². The first-order valence-electron chi connectivity index (χ1n) is 9.79. The maximum Gasteiger partial charge on any atom is 0.253 e. The van der Waals surface area contributed by atoms with Gasteiger partial charge in [-0.05, 0) is 67.0 Å². The van der Waals surface area contributed by atoms with E-state index in [0.29, 0.717) is 26.0 Å². The Kier molecular flexibility index (Phi) is 6.41. The van der Waals surface area contributed by atoms with Crippen molar-refractivity contribution >= 4 is 56.9 Å². The number of nitrogens with one attached hydrogen (secondary N) is 2. The summed E-state index contributed by atoms with van der Waals surface area (Å²) in [5.41, 5.74) is 7.43. The van der Waals surface area contributed by atoms with Crippen molar-refractivity contribution in [1.29, 1.82) is 0 Å². The summed E-state index contributed by atoms with van der Waals surface area (Å²) in [5.74, 6) is -1.26. The zero-order valence-electron chi connectivity index (χ0n) is 16.4. The summed E-state index contributed by atoms with van der Waals surface area (Å²) < 4.78 is 0. The topological polar surface area (TPSA) is 101 Å². The van der Waals surface area contributed by atoms with Crippen LogP contribution in [0.5, 0.6) is 0 Å². The average molecular weight is 474 g/mol. The van der Waals surface area contributed by atoms with Crippen LogP contribution in [0.25, 0.3) is 0 Å². The number of aryl methyl sites for hydroxylation is 1. The maximum absolute atomic E-state index is 13.2. The zero-order valence-corrected chi connectivity index (χ0v) is 18.8. The third kappa shape index (κ3) is 4.66. The molecular formula is C22H20ClN3O3S2. The molecule has 0 spiro atoms. The Bertz CT molecular complexity index is 1120. The lowest BCUT2D eigenvalue weighted by atomic mass is 9.95. The van der Waals surface area contributed by atoms with Crippen LogP contribution in [-0.2, 0) is 12.8 Å². The molecular weight excluding hydrogens is 454 g/mol. The maximum atomic E-state index is 13.2. The number of benzene rings is 1. The number of halogens is 1. The van der Waals surface area contributed by atoms with Crippen LogP contribution >= 0.6 is 34.3 Å². The van der Waals surface area contributed by atoms with E-state index < -0.39 is 18.0 Å². The standard InChI is InChI=1S/C22H20ClN3O3S2/c23-13-9-7-12(8-10-13)21(29)25-20(18(27)16-6-3-11-30-16)26-22-17(19(24)28)14-4-1-2-5-15(14)31-22/h3,6-11,20,26H,1-2,4-5H2,(H2,24,28)(H,25,29). The van der Waals surface area contributed by atoms with Gasteiger partial charge < -0.3 is 16.4 Å². The highest BCUT2D eigenvalue weighted by Gasteiger charge is 2.29. The lowest BCUT2D eigenvalue weighted by Crippen LogP contribution is -2.46. The fourth-order valence-electron chi connectivity index (χ4n) is 3.60. The van der Waals surface area contributed by atoms with Crippen molar-refractivity contribution < 1.29 is 14.4 Å². The molecule has 1 aliphatic rings. The molecule has 4 rings (SSSR count).